The van der Waals surface area contributed by atoms with Crippen LogP contribution < -0.4 is 0 Å². The molecule has 2 aliphatic carbocycles. The molecular weight excluding hydrogens is 196 g/mol. The standard InChI is InChI=1S/C15H19O/c1-10(9-16)13-6-14(11-2-3-11)8-15(7-13)12-4-5-12/h6-8,11-12,16H,2-5,9H2,1H3. The first kappa shape index (κ1) is 10.3. The topological polar surface area (TPSA) is 20.2 Å². The van der Waals surface area contributed by atoms with Crippen LogP contribution in [0, 0.1) is 5.92 Å². The lowest BCUT2D eigenvalue weighted by Gasteiger charge is -2.12. The third-order valence-electron chi connectivity index (χ3n) is 3.81. The fraction of sp³-hybridized carbons (Fsp3) is 0.533. The summed E-state index contributed by atoms with van der Waals surface area (Å²) < 4.78 is 0. The molecule has 0 atom stereocenters. The molecule has 1 radical (unpaired) electrons. The van der Waals surface area contributed by atoms with Gasteiger partial charge in [0.15, 0.2) is 0 Å². The second kappa shape index (κ2) is 3.89. The third-order valence-corrected chi connectivity index (χ3v) is 3.81. The first-order valence-corrected chi connectivity index (χ1v) is 6.36. The lowest BCUT2D eigenvalue weighted by molar-refractivity contribution is 0.315. The molecule has 1 aromatic rings. The molecule has 0 unspecified atom stereocenters. The van der Waals surface area contributed by atoms with Gasteiger partial charge in [-0.25, -0.2) is 0 Å². The second-order valence-electron chi connectivity index (χ2n) is 5.38. The number of hydrogen-bond donors (Lipinski definition) is 1. The molecule has 1 heteroatoms. The van der Waals surface area contributed by atoms with Crippen molar-refractivity contribution in [3.63, 3.8) is 0 Å². The summed E-state index contributed by atoms with van der Waals surface area (Å²) in [6.07, 6.45) is 5.41. The molecule has 2 fully saturated rings. The zero-order chi connectivity index (χ0) is 11.1. The molecule has 0 spiro atoms. The van der Waals surface area contributed by atoms with E-state index >= 15 is 0 Å². The number of rotatable bonds is 4. The van der Waals surface area contributed by atoms with Crippen LogP contribution in [0.5, 0.6) is 0 Å². The maximum absolute atomic E-state index is 9.24. The van der Waals surface area contributed by atoms with E-state index in [-0.39, 0.29) is 6.61 Å². The maximum atomic E-state index is 9.24. The van der Waals surface area contributed by atoms with Crippen LogP contribution in [-0.2, 0) is 0 Å². The lowest BCUT2D eigenvalue weighted by Crippen LogP contribution is -2.02. The predicted octanol–water partition coefficient (Wildman–Crippen LogP) is 3.38. The average molecular weight is 215 g/mol. The summed E-state index contributed by atoms with van der Waals surface area (Å²) in [7, 11) is 0. The number of aliphatic hydroxyl groups is 1. The number of benzene rings is 1. The van der Waals surface area contributed by atoms with E-state index in [9.17, 15) is 5.11 Å². The quantitative estimate of drug-likeness (QED) is 0.816. The summed E-state index contributed by atoms with van der Waals surface area (Å²) in [6.45, 7) is 2.21. The molecule has 1 nitrogen and oxygen atoms in total. The summed E-state index contributed by atoms with van der Waals surface area (Å²) >= 11 is 0. The molecule has 0 amide bonds. The van der Waals surface area contributed by atoms with Gasteiger partial charge in [-0.1, -0.05) is 25.1 Å². The highest BCUT2D eigenvalue weighted by Crippen LogP contribution is 2.45. The summed E-state index contributed by atoms with van der Waals surface area (Å²) in [4.78, 5) is 0. The van der Waals surface area contributed by atoms with E-state index < -0.39 is 0 Å². The fourth-order valence-corrected chi connectivity index (χ4v) is 2.32. The van der Waals surface area contributed by atoms with Crippen LogP contribution in [0.1, 0.15) is 61.1 Å². The Morgan fingerprint density at radius 3 is 1.94 bits per heavy atom. The van der Waals surface area contributed by atoms with Gasteiger partial charge >= 0.3 is 0 Å². The van der Waals surface area contributed by atoms with Gasteiger partial charge in [-0.3, -0.25) is 0 Å². The normalized spacial score (nSPS) is 20.4. The largest absolute Gasteiger partial charge is 0.395 e. The molecule has 0 heterocycles. The fourth-order valence-electron chi connectivity index (χ4n) is 2.32. The highest BCUT2D eigenvalue weighted by molar-refractivity contribution is 5.42. The minimum atomic E-state index is 0.179. The van der Waals surface area contributed by atoms with Gasteiger partial charge in [0, 0.05) is 5.92 Å². The summed E-state index contributed by atoms with van der Waals surface area (Å²) in [6, 6.07) is 6.98. The highest BCUT2D eigenvalue weighted by atomic mass is 16.3. The van der Waals surface area contributed by atoms with Crippen molar-refractivity contribution in [3.8, 4) is 0 Å². The Labute approximate surface area is 97.5 Å². The van der Waals surface area contributed by atoms with Gasteiger partial charge in [0.1, 0.15) is 0 Å². The monoisotopic (exact) mass is 215 g/mol. The van der Waals surface area contributed by atoms with Crippen LogP contribution in [0.25, 0.3) is 0 Å². The van der Waals surface area contributed by atoms with E-state index in [4.69, 9.17) is 0 Å². The molecule has 0 aliphatic heterocycles. The van der Waals surface area contributed by atoms with Crippen LogP contribution in [0.15, 0.2) is 18.2 Å². The van der Waals surface area contributed by atoms with Gasteiger partial charge < -0.3 is 5.11 Å². The van der Waals surface area contributed by atoms with Gasteiger partial charge in [0.2, 0.25) is 0 Å². The molecule has 16 heavy (non-hydrogen) atoms. The van der Waals surface area contributed by atoms with E-state index in [1.165, 1.54) is 42.4 Å². The van der Waals surface area contributed by atoms with Crippen LogP contribution in [0.2, 0.25) is 0 Å². The summed E-state index contributed by atoms with van der Waals surface area (Å²) in [5.74, 6) is 2.72. The summed E-state index contributed by atoms with van der Waals surface area (Å²) in [5.41, 5.74) is 4.27. The first-order valence-electron chi connectivity index (χ1n) is 6.36. The molecule has 0 saturated heterocycles. The molecular formula is C15H19O. The molecule has 1 N–H and O–H groups in total. The van der Waals surface area contributed by atoms with Gasteiger partial charge in [-0.15, -0.1) is 0 Å². The molecule has 0 bridgehead atoms. The average Bonchev–Trinajstić information content (AvgIpc) is 3.20. The first-order chi connectivity index (χ1) is 7.78. The van der Waals surface area contributed by atoms with E-state index in [1.54, 1.807) is 0 Å². The van der Waals surface area contributed by atoms with Crippen molar-refractivity contribution >= 4 is 0 Å². The Hall–Kier alpha value is -0.820. The Bertz CT molecular complexity index is 358. The van der Waals surface area contributed by atoms with Gasteiger partial charge in [0.25, 0.3) is 0 Å². The van der Waals surface area contributed by atoms with Gasteiger partial charge in [0.05, 0.1) is 6.61 Å². The lowest BCUT2D eigenvalue weighted by atomic mass is 9.94. The zero-order valence-corrected chi connectivity index (χ0v) is 9.87. The van der Waals surface area contributed by atoms with Crippen LogP contribution >= 0.6 is 0 Å². The van der Waals surface area contributed by atoms with E-state index in [0.29, 0.717) is 0 Å². The Morgan fingerprint density at radius 2 is 1.56 bits per heavy atom. The number of aliphatic hydroxyl groups excluding tert-OH is 1. The molecule has 0 aromatic heterocycles. The Morgan fingerprint density at radius 1 is 1.06 bits per heavy atom. The van der Waals surface area contributed by atoms with Crippen molar-refractivity contribution in [1.82, 2.24) is 0 Å². The molecule has 3 rings (SSSR count). The Kier molecular flexibility index (Phi) is 2.51. The minimum Gasteiger partial charge on any atom is -0.395 e. The Balaban J connectivity index is 1.95. The molecule has 1 aromatic carbocycles. The molecule has 2 aliphatic rings. The van der Waals surface area contributed by atoms with Crippen molar-refractivity contribution in [1.29, 1.82) is 0 Å². The van der Waals surface area contributed by atoms with Crippen molar-refractivity contribution in [2.24, 2.45) is 0 Å². The SMILES string of the molecule is C[C](CO)c1cc(C2CC2)cc(C2CC2)c1. The van der Waals surface area contributed by atoms with Crippen molar-refractivity contribution in [2.75, 3.05) is 6.61 Å². The second-order valence-corrected chi connectivity index (χ2v) is 5.38. The van der Waals surface area contributed by atoms with E-state index in [2.05, 4.69) is 18.2 Å². The minimum absolute atomic E-state index is 0.179. The van der Waals surface area contributed by atoms with Crippen LogP contribution in [0.4, 0.5) is 0 Å². The third kappa shape index (κ3) is 2.01. The van der Waals surface area contributed by atoms with Crippen LogP contribution in [0.3, 0.4) is 0 Å². The maximum Gasteiger partial charge on any atom is 0.0534 e. The predicted molar refractivity (Wildman–Crippen MR) is 65.5 cm³/mol. The van der Waals surface area contributed by atoms with Crippen molar-refractivity contribution in [2.45, 2.75) is 44.4 Å². The molecule has 2 saturated carbocycles. The molecule has 85 valence electrons. The van der Waals surface area contributed by atoms with Crippen molar-refractivity contribution in [3.05, 3.63) is 40.8 Å². The van der Waals surface area contributed by atoms with Crippen molar-refractivity contribution < 1.29 is 5.11 Å². The van der Waals surface area contributed by atoms with Crippen LogP contribution in [-0.4, -0.2) is 11.7 Å². The van der Waals surface area contributed by atoms with E-state index in [0.717, 1.165) is 17.8 Å². The summed E-state index contributed by atoms with van der Waals surface area (Å²) in [5, 5.41) is 9.24. The zero-order valence-electron chi connectivity index (χ0n) is 9.87. The highest BCUT2D eigenvalue weighted by Gasteiger charge is 2.28. The van der Waals surface area contributed by atoms with E-state index in [1.807, 2.05) is 6.92 Å². The van der Waals surface area contributed by atoms with Gasteiger partial charge in [-0.2, -0.15) is 0 Å². The smallest absolute Gasteiger partial charge is 0.0534 e. The number of hydrogen-bond acceptors (Lipinski definition) is 1. The van der Waals surface area contributed by atoms with Gasteiger partial charge in [-0.05, 0) is 54.2 Å².